The molecular weight excluding hydrogens is 194 g/mol. The number of aliphatic hydroxyl groups excluding tert-OH is 1. The van der Waals surface area contributed by atoms with Crippen LogP contribution in [0, 0.1) is 5.92 Å². The topological polar surface area (TPSA) is 58.6 Å². The summed E-state index contributed by atoms with van der Waals surface area (Å²) in [5.74, 6) is 0.269. The van der Waals surface area contributed by atoms with Crippen molar-refractivity contribution in [3.63, 3.8) is 0 Å². The van der Waals surface area contributed by atoms with Gasteiger partial charge < -0.3 is 15.2 Å². The zero-order chi connectivity index (χ0) is 11.1. The number of nitrogens with one attached hydrogen (secondary N) is 1. The molecule has 0 aromatic carbocycles. The number of methoxy groups -OCH3 is 1. The number of carbonyl (C=O) groups excluding carboxylic acids is 1. The largest absolute Gasteiger partial charge is 0.468 e. The van der Waals surface area contributed by atoms with Crippen molar-refractivity contribution in [2.75, 3.05) is 20.3 Å². The zero-order valence-corrected chi connectivity index (χ0v) is 9.37. The van der Waals surface area contributed by atoms with Gasteiger partial charge in [0.05, 0.1) is 13.7 Å². The number of aliphatic hydroxyl groups is 1. The summed E-state index contributed by atoms with van der Waals surface area (Å²) in [6.45, 7) is 0.611. The Bertz CT molecular complexity index is 190. The number of carbonyl (C=O) groups is 1. The lowest BCUT2D eigenvalue weighted by molar-refractivity contribution is -0.144. The first-order valence-corrected chi connectivity index (χ1v) is 5.70. The molecule has 0 aromatic rings. The molecule has 0 amide bonds. The predicted molar refractivity (Wildman–Crippen MR) is 57.5 cm³/mol. The van der Waals surface area contributed by atoms with Gasteiger partial charge in [0, 0.05) is 0 Å². The van der Waals surface area contributed by atoms with Gasteiger partial charge >= 0.3 is 5.97 Å². The van der Waals surface area contributed by atoms with Crippen molar-refractivity contribution in [3.05, 3.63) is 0 Å². The van der Waals surface area contributed by atoms with Crippen LogP contribution in [-0.2, 0) is 9.53 Å². The Balaban J connectivity index is 2.23. The molecule has 1 atom stereocenters. The van der Waals surface area contributed by atoms with Crippen LogP contribution in [0.3, 0.4) is 0 Å². The van der Waals surface area contributed by atoms with Crippen molar-refractivity contribution >= 4 is 5.97 Å². The van der Waals surface area contributed by atoms with E-state index in [0.29, 0.717) is 5.92 Å². The summed E-state index contributed by atoms with van der Waals surface area (Å²) in [5, 5.41) is 12.1. The second-order valence-electron chi connectivity index (χ2n) is 4.17. The first-order chi connectivity index (χ1) is 7.27. The summed E-state index contributed by atoms with van der Waals surface area (Å²) < 4.78 is 4.58. The standard InChI is InChI=1S/C11H21NO3/c1-15-11(14)10(8-13)12-7-9-5-3-2-4-6-9/h9-10,12-13H,2-8H2,1H3/t10-/m1/s1. The van der Waals surface area contributed by atoms with Gasteiger partial charge in [0.25, 0.3) is 0 Å². The fourth-order valence-electron chi connectivity index (χ4n) is 2.06. The molecule has 0 spiro atoms. The van der Waals surface area contributed by atoms with Crippen LogP contribution >= 0.6 is 0 Å². The first kappa shape index (κ1) is 12.5. The molecule has 0 saturated heterocycles. The maximum atomic E-state index is 11.2. The van der Waals surface area contributed by atoms with Crippen LogP contribution in [0.4, 0.5) is 0 Å². The van der Waals surface area contributed by atoms with Gasteiger partial charge in [-0.1, -0.05) is 19.3 Å². The van der Waals surface area contributed by atoms with Crippen molar-refractivity contribution in [1.29, 1.82) is 0 Å². The second kappa shape index (κ2) is 6.80. The summed E-state index contributed by atoms with van der Waals surface area (Å²) in [7, 11) is 1.34. The third-order valence-electron chi connectivity index (χ3n) is 3.05. The van der Waals surface area contributed by atoms with Crippen molar-refractivity contribution in [2.45, 2.75) is 38.1 Å². The van der Waals surface area contributed by atoms with Gasteiger partial charge in [-0.3, -0.25) is 4.79 Å². The molecule has 0 radical (unpaired) electrons. The van der Waals surface area contributed by atoms with E-state index in [1.807, 2.05) is 0 Å². The van der Waals surface area contributed by atoms with Crippen molar-refractivity contribution < 1.29 is 14.6 Å². The minimum atomic E-state index is -0.558. The Labute approximate surface area is 91.0 Å². The molecule has 88 valence electrons. The zero-order valence-electron chi connectivity index (χ0n) is 9.37. The van der Waals surface area contributed by atoms with Crippen LogP contribution in [0.2, 0.25) is 0 Å². The molecule has 0 bridgehead atoms. The Kier molecular flexibility index (Phi) is 5.65. The minimum absolute atomic E-state index is 0.195. The van der Waals surface area contributed by atoms with E-state index < -0.39 is 6.04 Å². The van der Waals surface area contributed by atoms with Crippen molar-refractivity contribution in [1.82, 2.24) is 5.32 Å². The lowest BCUT2D eigenvalue weighted by Crippen LogP contribution is -2.43. The number of rotatable bonds is 5. The lowest BCUT2D eigenvalue weighted by atomic mass is 9.89. The molecular formula is C11H21NO3. The second-order valence-corrected chi connectivity index (χ2v) is 4.17. The monoisotopic (exact) mass is 215 g/mol. The fraction of sp³-hybridized carbons (Fsp3) is 0.909. The Morgan fingerprint density at radius 1 is 1.47 bits per heavy atom. The van der Waals surface area contributed by atoms with Gasteiger partial charge in [-0.25, -0.2) is 0 Å². The SMILES string of the molecule is COC(=O)[C@@H](CO)NCC1CCCCC1. The average molecular weight is 215 g/mol. The van der Waals surface area contributed by atoms with E-state index >= 15 is 0 Å². The predicted octanol–water partition coefficient (Wildman–Crippen LogP) is 0.690. The Hall–Kier alpha value is -0.610. The summed E-state index contributed by atoms with van der Waals surface area (Å²) in [6, 6.07) is -0.558. The Morgan fingerprint density at radius 3 is 2.67 bits per heavy atom. The van der Waals surface area contributed by atoms with Gasteiger partial charge in [-0.2, -0.15) is 0 Å². The van der Waals surface area contributed by atoms with E-state index in [1.54, 1.807) is 0 Å². The fourth-order valence-corrected chi connectivity index (χ4v) is 2.06. The van der Waals surface area contributed by atoms with E-state index in [9.17, 15) is 4.79 Å². The van der Waals surface area contributed by atoms with Gasteiger partial charge in [0.2, 0.25) is 0 Å². The number of ether oxygens (including phenoxy) is 1. The van der Waals surface area contributed by atoms with Gasteiger partial charge in [-0.15, -0.1) is 0 Å². The highest BCUT2D eigenvalue weighted by molar-refractivity contribution is 5.75. The molecule has 0 aromatic heterocycles. The van der Waals surface area contributed by atoms with E-state index in [0.717, 1.165) is 6.54 Å². The summed E-state index contributed by atoms with van der Waals surface area (Å²) >= 11 is 0. The molecule has 1 saturated carbocycles. The highest BCUT2D eigenvalue weighted by atomic mass is 16.5. The molecule has 4 nitrogen and oxygen atoms in total. The average Bonchev–Trinajstić information content (AvgIpc) is 2.31. The molecule has 1 aliphatic carbocycles. The number of hydrogen-bond acceptors (Lipinski definition) is 4. The van der Waals surface area contributed by atoms with E-state index in [2.05, 4.69) is 10.1 Å². The number of esters is 1. The van der Waals surface area contributed by atoms with Crippen LogP contribution in [0.15, 0.2) is 0 Å². The van der Waals surface area contributed by atoms with E-state index in [4.69, 9.17) is 5.11 Å². The maximum Gasteiger partial charge on any atom is 0.325 e. The van der Waals surface area contributed by atoms with Crippen LogP contribution in [0.1, 0.15) is 32.1 Å². The third kappa shape index (κ3) is 4.18. The third-order valence-corrected chi connectivity index (χ3v) is 3.05. The molecule has 1 aliphatic rings. The number of hydrogen-bond donors (Lipinski definition) is 2. The molecule has 15 heavy (non-hydrogen) atoms. The van der Waals surface area contributed by atoms with Crippen molar-refractivity contribution in [2.24, 2.45) is 5.92 Å². The molecule has 4 heteroatoms. The highest BCUT2D eigenvalue weighted by Crippen LogP contribution is 2.22. The highest BCUT2D eigenvalue weighted by Gasteiger charge is 2.20. The van der Waals surface area contributed by atoms with Crippen LogP contribution in [0.5, 0.6) is 0 Å². The van der Waals surface area contributed by atoms with Crippen LogP contribution in [-0.4, -0.2) is 37.4 Å². The lowest BCUT2D eigenvalue weighted by Gasteiger charge is -2.23. The van der Waals surface area contributed by atoms with Crippen LogP contribution in [0.25, 0.3) is 0 Å². The smallest absolute Gasteiger partial charge is 0.325 e. The maximum absolute atomic E-state index is 11.2. The summed E-state index contributed by atoms with van der Waals surface area (Å²) in [6.07, 6.45) is 6.36. The van der Waals surface area contributed by atoms with E-state index in [1.165, 1.54) is 39.2 Å². The minimum Gasteiger partial charge on any atom is -0.468 e. The summed E-state index contributed by atoms with van der Waals surface area (Å²) in [4.78, 5) is 11.2. The van der Waals surface area contributed by atoms with Gasteiger partial charge in [0.1, 0.15) is 6.04 Å². The normalized spacial score (nSPS) is 19.9. The summed E-state index contributed by atoms with van der Waals surface area (Å²) in [5.41, 5.74) is 0. The quantitative estimate of drug-likeness (QED) is 0.662. The van der Waals surface area contributed by atoms with Crippen molar-refractivity contribution in [3.8, 4) is 0 Å². The molecule has 1 rings (SSSR count). The van der Waals surface area contributed by atoms with Crippen LogP contribution < -0.4 is 5.32 Å². The Morgan fingerprint density at radius 2 is 2.13 bits per heavy atom. The molecule has 0 heterocycles. The molecule has 0 aliphatic heterocycles. The van der Waals surface area contributed by atoms with Gasteiger partial charge in [0.15, 0.2) is 0 Å². The molecule has 1 fully saturated rings. The van der Waals surface area contributed by atoms with E-state index in [-0.39, 0.29) is 12.6 Å². The first-order valence-electron chi connectivity index (χ1n) is 5.70. The molecule has 0 unspecified atom stereocenters. The van der Waals surface area contributed by atoms with Gasteiger partial charge in [-0.05, 0) is 25.3 Å². The molecule has 2 N–H and O–H groups in total.